The van der Waals surface area contributed by atoms with Gasteiger partial charge in [0.1, 0.15) is 0 Å². The Bertz CT molecular complexity index is 871. The van der Waals surface area contributed by atoms with Crippen LogP contribution in [-0.4, -0.2) is 15.7 Å². The second kappa shape index (κ2) is 6.07. The molecule has 23 heavy (non-hydrogen) atoms. The van der Waals surface area contributed by atoms with E-state index in [1.54, 1.807) is 12.1 Å². The number of carbonyl (C=O) groups excluding carboxylic acids is 2. The molecule has 1 aromatic carbocycles. The maximum atomic E-state index is 11.7. The zero-order chi connectivity index (χ0) is 16.7. The van der Waals surface area contributed by atoms with Crippen LogP contribution in [0.3, 0.4) is 0 Å². The summed E-state index contributed by atoms with van der Waals surface area (Å²) in [7, 11) is 0. The summed E-state index contributed by atoms with van der Waals surface area (Å²) >= 11 is 13.3. The molecule has 2 aromatic rings. The molecule has 118 valence electrons. The highest BCUT2D eigenvalue weighted by Crippen LogP contribution is 2.33. The molecule has 2 heterocycles. The number of carbonyl (C=O) groups is 2. The minimum atomic E-state index is -0.370. The van der Waals surface area contributed by atoms with Gasteiger partial charge in [-0.15, -0.1) is 0 Å². The number of aryl methyl sites for hydroxylation is 1. The first-order valence-electron chi connectivity index (χ1n) is 6.76. The topological polar surface area (TPSA) is 51.1 Å². The molecule has 1 saturated heterocycles. The molecule has 7 heteroatoms. The summed E-state index contributed by atoms with van der Waals surface area (Å²) < 4.78 is 1.97. The number of nitrogens with zero attached hydrogens (tertiary/aromatic N) is 1. The van der Waals surface area contributed by atoms with E-state index in [9.17, 15) is 9.59 Å². The minimum Gasteiger partial charge on any atom is -0.316 e. The van der Waals surface area contributed by atoms with Crippen LogP contribution >= 0.6 is 35.0 Å². The molecule has 0 aliphatic carbocycles. The smallest absolute Gasteiger partial charge is 0.290 e. The Kier molecular flexibility index (Phi) is 4.27. The monoisotopic (exact) mass is 366 g/mol. The van der Waals surface area contributed by atoms with Crippen molar-refractivity contribution in [3.8, 4) is 5.69 Å². The number of hydrogen-bond acceptors (Lipinski definition) is 3. The lowest BCUT2D eigenvalue weighted by Gasteiger charge is -2.12. The fraction of sp³-hybridized carbons (Fsp3) is 0.125. The summed E-state index contributed by atoms with van der Waals surface area (Å²) in [6.45, 7) is 3.87. The Hall–Kier alpha value is -1.69. The third kappa shape index (κ3) is 2.92. The number of benzene rings is 1. The van der Waals surface area contributed by atoms with Gasteiger partial charge < -0.3 is 4.57 Å². The van der Waals surface area contributed by atoms with Gasteiger partial charge in [-0.3, -0.25) is 14.9 Å². The molecule has 0 radical (unpaired) electrons. The lowest BCUT2D eigenvalue weighted by molar-refractivity contribution is -0.115. The van der Waals surface area contributed by atoms with Crippen LogP contribution in [0, 0.1) is 13.8 Å². The van der Waals surface area contributed by atoms with E-state index < -0.39 is 0 Å². The summed E-state index contributed by atoms with van der Waals surface area (Å²) in [6, 6.07) is 7.39. The van der Waals surface area contributed by atoms with Crippen molar-refractivity contribution in [1.29, 1.82) is 0 Å². The Balaban J connectivity index is 2.11. The third-order valence-electron chi connectivity index (χ3n) is 3.57. The van der Waals surface area contributed by atoms with E-state index in [-0.39, 0.29) is 11.1 Å². The summed E-state index contributed by atoms with van der Waals surface area (Å²) in [4.78, 5) is 23.3. The molecule has 1 fully saturated rings. The van der Waals surface area contributed by atoms with E-state index in [4.69, 9.17) is 23.2 Å². The number of imide groups is 1. The van der Waals surface area contributed by atoms with Crippen LogP contribution in [0.2, 0.25) is 10.0 Å². The van der Waals surface area contributed by atoms with Crippen molar-refractivity contribution >= 4 is 52.2 Å². The van der Waals surface area contributed by atoms with Crippen molar-refractivity contribution in [2.75, 3.05) is 0 Å². The van der Waals surface area contributed by atoms with Crippen molar-refractivity contribution < 1.29 is 9.59 Å². The van der Waals surface area contributed by atoms with Crippen LogP contribution < -0.4 is 5.32 Å². The van der Waals surface area contributed by atoms with Crippen molar-refractivity contribution in [2.45, 2.75) is 13.8 Å². The van der Waals surface area contributed by atoms with Gasteiger partial charge in [-0.2, -0.15) is 0 Å². The van der Waals surface area contributed by atoms with E-state index >= 15 is 0 Å². The lowest BCUT2D eigenvalue weighted by atomic mass is 10.2. The van der Waals surface area contributed by atoms with Crippen LogP contribution in [0.5, 0.6) is 0 Å². The molecule has 0 unspecified atom stereocenters. The molecule has 4 nitrogen and oxygen atoms in total. The number of halogens is 2. The number of nitrogens with one attached hydrogen (secondary N) is 1. The highest BCUT2D eigenvalue weighted by Gasteiger charge is 2.25. The summed E-state index contributed by atoms with van der Waals surface area (Å²) in [6.07, 6.45) is 1.71. The molecule has 2 amide bonds. The van der Waals surface area contributed by atoms with Gasteiger partial charge in [-0.25, -0.2) is 0 Å². The van der Waals surface area contributed by atoms with Gasteiger partial charge in [-0.05, 0) is 55.4 Å². The van der Waals surface area contributed by atoms with Crippen LogP contribution in [0.4, 0.5) is 4.79 Å². The maximum Gasteiger partial charge on any atom is 0.290 e. The predicted molar refractivity (Wildman–Crippen MR) is 94.4 cm³/mol. The van der Waals surface area contributed by atoms with E-state index in [2.05, 4.69) is 5.32 Å². The second-order valence-corrected chi connectivity index (χ2v) is 6.89. The van der Waals surface area contributed by atoms with Crippen LogP contribution in [-0.2, 0) is 4.79 Å². The quantitative estimate of drug-likeness (QED) is 0.781. The molecule has 0 spiro atoms. The van der Waals surface area contributed by atoms with Crippen LogP contribution in [0.1, 0.15) is 17.0 Å². The molecule has 1 aliphatic rings. The summed E-state index contributed by atoms with van der Waals surface area (Å²) in [5, 5.41) is 2.84. The first-order chi connectivity index (χ1) is 10.9. The fourth-order valence-electron chi connectivity index (χ4n) is 2.53. The molecule has 1 aliphatic heterocycles. The number of thioether (sulfide) groups is 1. The van der Waals surface area contributed by atoms with Crippen LogP contribution in [0.25, 0.3) is 11.8 Å². The highest BCUT2D eigenvalue weighted by atomic mass is 35.5. The molecule has 0 bridgehead atoms. The van der Waals surface area contributed by atoms with Crippen molar-refractivity contribution in [1.82, 2.24) is 9.88 Å². The van der Waals surface area contributed by atoms with E-state index in [0.29, 0.717) is 15.0 Å². The second-order valence-electron chi connectivity index (χ2n) is 5.09. The van der Waals surface area contributed by atoms with Gasteiger partial charge >= 0.3 is 0 Å². The Morgan fingerprint density at radius 1 is 1.22 bits per heavy atom. The van der Waals surface area contributed by atoms with E-state index in [1.807, 2.05) is 36.6 Å². The van der Waals surface area contributed by atoms with Crippen molar-refractivity contribution in [3.63, 3.8) is 0 Å². The van der Waals surface area contributed by atoms with Gasteiger partial charge in [0, 0.05) is 11.4 Å². The van der Waals surface area contributed by atoms with Gasteiger partial charge in [0.15, 0.2) is 0 Å². The summed E-state index contributed by atoms with van der Waals surface area (Å²) in [5.41, 5.74) is 3.49. The minimum absolute atomic E-state index is 0.354. The van der Waals surface area contributed by atoms with Gasteiger partial charge in [0.05, 0.1) is 20.6 Å². The number of amides is 2. The number of aromatic nitrogens is 1. The first kappa shape index (κ1) is 16.2. The van der Waals surface area contributed by atoms with E-state index in [1.165, 1.54) is 0 Å². The predicted octanol–water partition coefficient (Wildman–Crippen LogP) is 4.72. The number of rotatable bonds is 2. The van der Waals surface area contributed by atoms with Crippen molar-refractivity contribution in [3.05, 3.63) is 56.2 Å². The highest BCUT2D eigenvalue weighted by molar-refractivity contribution is 8.18. The Labute approximate surface area is 147 Å². The third-order valence-corrected chi connectivity index (χ3v) is 5.19. The Morgan fingerprint density at radius 3 is 2.61 bits per heavy atom. The number of hydrogen-bond donors (Lipinski definition) is 1. The molecule has 3 rings (SSSR count). The standard InChI is InChI=1S/C16H12Cl2N2O2S/c1-8-6-10(7-13-15(21)19-16(22)23-13)9(2)20(8)12-5-3-4-11(17)14(12)18/h3-7H,1-2H3,(H,19,21,22)/b13-7-. The summed E-state index contributed by atoms with van der Waals surface area (Å²) in [5.74, 6) is -0.370. The molecule has 1 N–H and O–H groups in total. The fourth-order valence-corrected chi connectivity index (χ4v) is 3.58. The van der Waals surface area contributed by atoms with Crippen LogP contribution in [0.15, 0.2) is 29.2 Å². The normalized spacial score (nSPS) is 16.3. The molecule has 1 aromatic heterocycles. The van der Waals surface area contributed by atoms with Gasteiger partial charge in [0.25, 0.3) is 11.1 Å². The lowest BCUT2D eigenvalue weighted by Crippen LogP contribution is -2.17. The van der Waals surface area contributed by atoms with E-state index in [0.717, 1.165) is 34.4 Å². The zero-order valence-electron chi connectivity index (χ0n) is 12.3. The van der Waals surface area contributed by atoms with Crippen molar-refractivity contribution in [2.24, 2.45) is 0 Å². The molecule has 0 atom stereocenters. The molecule has 0 saturated carbocycles. The van der Waals surface area contributed by atoms with Gasteiger partial charge in [0.2, 0.25) is 0 Å². The first-order valence-corrected chi connectivity index (χ1v) is 8.34. The largest absolute Gasteiger partial charge is 0.316 e. The molecular weight excluding hydrogens is 355 g/mol. The average molecular weight is 367 g/mol. The maximum absolute atomic E-state index is 11.7. The Morgan fingerprint density at radius 2 is 1.96 bits per heavy atom. The van der Waals surface area contributed by atoms with Gasteiger partial charge in [-0.1, -0.05) is 29.3 Å². The zero-order valence-corrected chi connectivity index (χ0v) is 14.6. The SMILES string of the molecule is Cc1cc(/C=C2\SC(=O)NC2=O)c(C)n1-c1cccc(Cl)c1Cl. The average Bonchev–Trinajstić information content (AvgIpc) is 2.94. The molecular formula is C16H12Cl2N2O2S.